The quantitative estimate of drug-likeness (QED) is 0.346. The normalized spacial score (nSPS) is 14.8. The molecule has 1 rings (SSSR count). The lowest BCUT2D eigenvalue weighted by atomic mass is 9.85. The molecule has 1 aromatic rings. The number of amides is 1. The van der Waals surface area contributed by atoms with Crippen molar-refractivity contribution in [3.8, 4) is 0 Å². The number of nitrogens with two attached hydrogens (primary N) is 1. The van der Waals surface area contributed by atoms with Gasteiger partial charge in [-0.2, -0.15) is 0 Å². The van der Waals surface area contributed by atoms with Crippen molar-refractivity contribution in [2.45, 2.75) is 20.3 Å². The molecule has 4 N–H and O–H groups in total. The van der Waals surface area contributed by atoms with Gasteiger partial charge in [-0.05, 0) is 25.5 Å². The first kappa shape index (κ1) is 15.6. The van der Waals surface area contributed by atoms with Crippen LogP contribution in [0.2, 0.25) is 10.0 Å². The molecule has 0 aliphatic heterocycles. The van der Waals surface area contributed by atoms with E-state index in [0.29, 0.717) is 22.2 Å². The predicted molar refractivity (Wildman–Crippen MR) is 76.9 cm³/mol. The first-order chi connectivity index (χ1) is 8.86. The molecule has 0 aliphatic carbocycles. The van der Waals surface area contributed by atoms with Crippen LogP contribution in [0.3, 0.4) is 0 Å². The Balaban J connectivity index is 3.09. The molecule has 1 amide bonds. The first-order valence-electron chi connectivity index (χ1n) is 5.60. The van der Waals surface area contributed by atoms with Gasteiger partial charge in [0, 0.05) is 0 Å². The average Bonchev–Trinajstić information content (AvgIpc) is 2.40. The summed E-state index contributed by atoms with van der Waals surface area (Å²) in [6.45, 7) is 3.33. The van der Waals surface area contributed by atoms with Gasteiger partial charge in [0.1, 0.15) is 5.41 Å². The van der Waals surface area contributed by atoms with Crippen LogP contribution in [-0.4, -0.2) is 17.0 Å². The number of halogens is 2. The molecule has 0 fully saturated rings. The number of amidine groups is 1. The van der Waals surface area contributed by atoms with Gasteiger partial charge in [0.2, 0.25) is 5.91 Å². The number of benzene rings is 1. The summed E-state index contributed by atoms with van der Waals surface area (Å²) in [5, 5.41) is 14.9. The molecule has 7 heteroatoms. The Labute approximate surface area is 121 Å². The van der Waals surface area contributed by atoms with Gasteiger partial charge in [-0.1, -0.05) is 41.3 Å². The van der Waals surface area contributed by atoms with Gasteiger partial charge >= 0.3 is 0 Å². The van der Waals surface area contributed by atoms with E-state index in [4.69, 9.17) is 34.1 Å². The topological polar surface area (TPSA) is 87.7 Å². The smallest absolute Gasteiger partial charge is 0.238 e. The number of oxime groups is 1. The molecule has 104 valence electrons. The Morgan fingerprint density at radius 3 is 2.42 bits per heavy atom. The van der Waals surface area contributed by atoms with Gasteiger partial charge in [0.05, 0.1) is 15.7 Å². The maximum Gasteiger partial charge on any atom is 0.238 e. The summed E-state index contributed by atoms with van der Waals surface area (Å²) in [7, 11) is 0. The molecule has 0 saturated carbocycles. The maximum absolute atomic E-state index is 12.3. The number of nitrogens with one attached hydrogen (secondary N) is 1. The molecule has 1 atom stereocenters. The van der Waals surface area contributed by atoms with Crippen molar-refractivity contribution in [3.05, 3.63) is 28.2 Å². The van der Waals surface area contributed by atoms with E-state index >= 15 is 0 Å². The lowest BCUT2D eigenvalue weighted by molar-refractivity contribution is -0.121. The molecule has 0 radical (unpaired) electrons. The number of hydrogen-bond acceptors (Lipinski definition) is 3. The van der Waals surface area contributed by atoms with E-state index in [1.807, 2.05) is 0 Å². The minimum absolute atomic E-state index is 0.171. The summed E-state index contributed by atoms with van der Waals surface area (Å²) in [5.74, 6) is -0.615. The molecule has 5 nitrogen and oxygen atoms in total. The third-order valence-corrected chi connectivity index (χ3v) is 3.71. The Hall–Kier alpha value is -1.46. The number of carbonyl (C=O) groups excluding carboxylic acids is 1. The van der Waals surface area contributed by atoms with Crippen LogP contribution in [0.25, 0.3) is 0 Å². The molecular formula is C12H15Cl2N3O2. The molecule has 0 heterocycles. The predicted octanol–water partition coefficient (Wildman–Crippen LogP) is 3.09. The zero-order chi connectivity index (χ0) is 14.6. The molecule has 0 aliphatic rings. The molecule has 0 aromatic heterocycles. The lowest BCUT2D eigenvalue weighted by Crippen LogP contribution is -2.44. The number of nitrogens with zero attached hydrogens (tertiary/aromatic N) is 1. The summed E-state index contributed by atoms with van der Waals surface area (Å²) in [6, 6.07) is 4.88. The number of rotatable bonds is 4. The fraction of sp³-hybridized carbons (Fsp3) is 0.333. The van der Waals surface area contributed by atoms with E-state index in [1.165, 1.54) is 0 Å². The fourth-order valence-corrected chi connectivity index (χ4v) is 1.93. The Kier molecular flexibility index (Phi) is 5.03. The van der Waals surface area contributed by atoms with Crippen LogP contribution >= 0.6 is 23.2 Å². The highest BCUT2D eigenvalue weighted by atomic mass is 35.5. The average molecular weight is 304 g/mol. The van der Waals surface area contributed by atoms with E-state index < -0.39 is 11.3 Å². The molecule has 1 aromatic carbocycles. The maximum atomic E-state index is 12.3. The molecule has 0 bridgehead atoms. The Morgan fingerprint density at radius 2 is 2.00 bits per heavy atom. The Bertz CT molecular complexity index is 499. The van der Waals surface area contributed by atoms with Crippen molar-refractivity contribution < 1.29 is 10.0 Å². The van der Waals surface area contributed by atoms with Crippen LogP contribution in [-0.2, 0) is 4.79 Å². The molecule has 1 unspecified atom stereocenters. The van der Waals surface area contributed by atoms with Gasteiger partial charge in [-0.25, -0.2) is 0 Å². The number of anilines is 1. The van der Waals surface area contributed by atoms with Gasteiger partial charge in [0.15, 0.2) is 5.84 Å². The summed E-state index contributed by atoms with van der Waals surface area (Å²) >= 11 is 11.9. The molecule has 0 spiro atoms. The summed E-state index contributed by atoms with van der Waals surface area (Å²) in [6.07, 6.45) is 0.358. The zero-order valence-electron chi connectivity index (χ0n) is 10.6. The van der Waals surface area contributed by atoms with Crippen molar-refractivity contribution in [3.63, 3.8) is 0 Å². The van der Waals surface area contributed by atoms with Gasteiger partial charge in [-0.15, -0.1) is 0 Å². The lowest BCUT2D eigenvalue weighted by Gasteiger charge is -2.25. The highest BCUT2D eigenvalue weighted by Gasteiger charge is 2.36. The van der Waals surface area contributed by atoms with Gasteiger partial charge < -0.3 is 16.3 Å². The van der Waals surface area contributed by atoms with Crippen molar-refractivity contribution in [2.24, 2.45) is 16.3 Å². The van der Waals surface area contributed by atoms with Crippen LogP contribution in [0.15, 0.2) is 23.4 Å². The van der Waals surface area contributed by atoms with E-state index in [9.17, 15) is 4.79 Å². The first-order valence-corrected chi connectivity index (χ1v) is 6.35. The van der Waals surface area contributed by atoms with Crippen molar-refractivity contribution >= 4 is 40.6 Å². The standard InChI is InChI=1S/C12H15Cl2N3O2/c1-3-12(2,10(15)17-19)11(18)16-9-7(13)5-4-6-8(9)14/h4-6,19H,3H2,1-2H3,(H2,15,17)(H,16,18). The minimum Gasteiger partial charge on any atom is -0.409 e. The van der Waals surface area contributed by atoms with Crippen LogP contribution < -0.4 is 11.1 Å². The third kappa shape index (κ3) is 3.11. The summed E-state index contributed by atoms with van der Waals surface area (Å²) in [5.41, 5.74) is 4.73. The summed E-state index contributed by atoms with van der Waals surface area (Å²) < 4.78 is 0. The number of para-hydroxylation sites is 1. The SMILES string of the molecule is CCC(C)(C(=O)Nc1c(Cl)cccc1Cl)/C(N)=N/O. The van der Waals surface area contributed by atoms with Crippen LogP contribution in [0.1, 0.15) is 20.3 Å². The molecule has 19 heavy (non-hydrogen) atoms. The second-order valence-corrected chi connectivity index (χ2v) is 5.04. The second kappa shape index (κ2) is 6.12. The third-order valence-electron chi connectivity index (χ3n) is 3.08. The van der Waals surface area contributed by atoms with E-state index in [0.717, 1.165) is 0 Å². The van der Waals surface area contributed by atoms with Gasteiger partial charge in [0.25, 0.3) is 0 Å². The van der Waals surface area contributed by atoms with Crippen molar-refractivity contribution in [2.75, 3.05) is 5.32 Å². The van der Waals surface area contributed by atoms with Crippen molar-refractivity contribution in [1.29, 1.82) is 0 Å². The van der Waals surface area contributed by atoms with Crippen molar-refractivity contribution in [1.82, 2.24) is 0 Å². The zero-order valence-corrected chi connectivity index (χ0v) is 12.1. The van der Waals surface area contributed by atoms with E-state index in [1.54, 1.807) is 32.0 Å². The van der Waals surface area contributed by atoms with Crippen LogP contribution in [0.4, 0.5) is 5.69 Å². The van der Waals surface area contributed by atoms with E-state index in [2.05, 4.69) is 10.5 Å². The Morgan fingerprint density at radius 1 is 1.47 bits per heavy atom. The molecule has 0 saturated heterocycles. The fourth-order valence-electron chi connectivity index (χ4n) is 1.44. The van der Waals surface area contributed by atoms with Crippen LogP contribution in [0.5, 0.6) is 0 Å². The summed E-state index contributed by atoms with van der Waals surface area (Å²) in [4.78, 5) is 12.3. The van der Waals surface area contributed by atoms with Gasteiger partial charge in [-0.3, -0.25) is 4.79 Å². The van der Waals surface area contributed by atoms with E-state index in [-0.39, 0.29) is 5.84 Å². The monoisotopic (exact) mass is 303 g/mol. The molecular weight excluding hydrogens is 289 g/mol. The number of carbonyl (C=O) groups is 1. The number of hydrogen-bond donors (Lipinski definition) is 3. The second-order valence-electron chi connectivity index (χ2n) is 4.22. The highest BCUT2D eigenvalue weighted by molar-refractivity contribution is 6.40. The van der Waals surface area contributed by atoms with Crippen LogP contribution in [0, 0.1) is 5.41 Å². The highest BCUT2D eigenvalue weighted by Crippen LogP contribution is 2.32. The minimum atomic E-state index is -1.14. The largest absolute Gasteiger partial charge is 0.409 e.